The fraction of sp³-hybridized carbons (Fsp3) is 0.786. The summed E-state index contributed by atoms with van der Waals surface area (Å²) in [5.74, 6) is -0.405. The van der Waals surface area contributed by atoms with Crippen LogP contribution < -0.4 is 0 Å². The minimum Gasteiger partial charge on any atom is -0.458 e. The molecule has 1 aliphatic heterocycles. The Hall–Kier alpha value is -1.39. The maximum atomic E-state index is 11.8. The third-order valence-corrected chi connectivity index (χ3v) is 4.99. The van der Waals surface area contributed by atoms with Gasteiger partial charge in [0.15, 0.2) is 0 Å². The number of rotatable bonds is 4. The van der Waals surface area contributed by atoms with Crippen LogP contribution in [0.3, 0.4) is 0 Å². The van der Waals surface area contributed by atoms with Crippen molar-refractivity contribution in [2.45, 2.75) is 51.2 Å². The molecule has 5 atom stereocenters. The van der Waals surface area contributed by atoms with Crippen LogP contribution in [0.1, 0.15) is 39.5 Å². The number of hydrogen-bond acceptors (Lipinski definition) is 5. The van der Waals surface area contributed by atoms with E-state index >= 15 is 0 Å². The summed E-state index contributed by atoms with van der Waals surface area (Å²) < 4.78 is 10.9. The molecular formula is C14H18O5. The van der Waals surface area contributed by atoms with E-state index in [9.17, 15) is 14.4 Å². The number of Topliss-reactive ketones (excluding diaryl/α,β-unsaturated/α-hetero) is 1. The van der Waals surface area contributed by atoms with E-state index in [1.165, 1.54) is 0 Å². The van der Waals surface area contributed by atoms with E-state index in [1.807, 2.05) is 6.92 Å². The first-order valence-corrected chi connectivity index (χ1v) is 6.89. The fourth-order valence-corrected chi connectivity index (χ4v) is 3.93. The van der Waals surface area contributed by atoms with E-state index in [0.717, 1.165) is 12.8 Å². The quantitative estimate of drug-likeness (QED) is 0.565. The van der Waals surface area contributed by atoms with Crippen molar-refractivity contribution in [3.8, 4) is 0 Å². The van der Waals surface area contributed by atoms with Crippen molar-refractivity contribution in [2.24, 2.45) is 17.8 Å². The number of esters is 2. The van der Waals surface area contributed by atoms with Gasteiger partial charge in [-0.25, -0.2) is 0 Å². The lowest BCUT2D eigenvalue weighted by atomic mass is 9.79. The van der Waals surface area contributed by atoms with Gasteiger partial charge in [0.1, 0.15) is 23.9 Å². The van der Waals surface area contributed by atoms with Gasteiger partial charge in [-0.3, -0.25) is 14.4 Å². The molecule has 2 bridgehead atoms. The van der Waals surface area contributed by atoms with E-state index in [1.54, 1.807) is 6.92 Å². The Balaban J connectivity index is 1.73. The van der Waals surface area contributed by atoms with Crippen LogP contribution in [0.5, 0.6) is 0 Å². The van der Waals surface area contributed by atoms with Gasteiger partial charge in [0.05, 0.1) is 5.92 Å². The molecule has 2 aliphatic carbocycles. The second-order valence-electron chi connectivity index (χ2n) is 6.02. The van der Waals surface area contributed by atoms with Crippen LogP contribution in [0.25, 0.3) is 0 Å². The molecule has 1 heterocycles. The van der Waals surface area contributed by atoms with Crippen molar-refractivity contribution in [1.82, 2.24) is 0 Å². The molecule has 19 heavy (non-hydrogen) atoms. The minimum atomic E-state index is -0.738. The van der Waals surface area contributed by atoms with Crippen LogP contribution >= 0.6 is 0 Å². The van der Waals surface area contributed by atoms with Gasteiger partial charge < -0.3 is 9.47 Å². The Labute approximate surface area is 111 Å². The average Bonchev–Trinajstić information content (AvgIpc) is 2.94. The molecule has 0 aromatic carbocycles. The first-order valence-electron chi connectivity index (χ1n) is 6.89. The molecule has 5 nitrogen and oxygen atoms in total. The minimum absolute atomic E-state index is 0.000879. The zero-order valence-corrected chi connectivity index (χ0v) is 11.2. The van der Waals surface area contributed by atoms with Gasteiger partial charge in [0, 0.05) is 18.3 Å². The lowest BCUT2D eigenvalue weighted by Crippen LogP contribution is -2.48. The van der Waals surface area contributed by atoms with Crippen LogP contribution in [0.15, 0.2) is 0 Å². The normalized spacial score (nSPS) is 42.3. The maximum Gasteiger partial charge on any atom is 0.313 e. The van der Waals surface area contributed by atoms with Crippen LogP contribution in [-0.2, 0) is 23.9 Å². The molecule has 3 fully saturated rings. The number of ketones is 1. The third kappa shape index (κ3) is 1.70. The highest BCUT2D eigenvalue weighted by Crippen LogP contribution is 2.60. The summed E-state index contributed by atoms with van der Waals surface area (Å²) in [6, 6.07) is 0. The second-order valence-corrected chi connectivity index (χ2v) is 6.02. The number of carbonyl (C=O) groups excluding carboxylic acids is 3. The smallest absolute Gasteiger partial charge is 0.313 e. The first kappa shape index (κ1) is 12.6. The highest BCUT2D eigenvalue weighted by molar-refractivity contribution is 5.95. The van der Waals surface area contributed by atoms with Gasteiger partial charge in [-0.15, -0.1) is 0 Å². The molecule has 0 spiro atoms. The van der Waals surface area contributed by atoms with Crippen molar-refractivity contribution >= 4 is 17.7 Å². The summed E-state index contributed by atoms with van der Waals surface area (Å²) in [5, 5.41) is 0. The SMILES string of the molecule is CCC(=O)CC(=O)OC1(C)C2CC3C(=O)OC1C3C2. The molecule has 0 radical (unpaired) electrons. The summed E-state index contributed by atoms with van der Waals surface area (Å²) in [6.07, 6.45) is 1.45. The summed E-state index contributed by atoms with van der Waals surface area (Å²) in [4.78, 5) is 34.8. The van der Waals surface area contributed by atoms with Crippen LogP contribution in [0.2, 0.25) is 0 Å². The highest BCUT2D eigenvalue weighted by atomic mass is 16.6. The molecule has 104 valence electrons. The number of ether oxygens (including phenoxy) is 2. The van der Waals surface area contributed by atoms with E-state index in [0.29, 0.717) is 6.42 Å². The topological polar surface area (TPSA) is 69.7 Å². The van der Waals surface area contributed by atoms with Gasteiger partial charge in [0.25, 0.3) is 0 Å². The predicted molar refractivity (Wildman–Crippen MR) is 64.0 cm³/mol. The molecule has 0 aromatic rings. The van der Waals surface area contributed by atoms with Gasteiger partial charge in [0.2, 0.25) is 0 Å². The van der Waals surface area contributed by atoms with E-state index in [4.69, 9.17) is 9.47 Å². The fourth-order valence-electron chi connectivity index (χ4n) is 3.93. The third-order valence-electron chi connectivity index (χ3n) is 4.99. The summed E-state index contributed by atoms with van der Waals surface area (Å²) >= 11 is 0. The molecule has 3 aliphatic rings. The van der Waals surface area contributed by atoms with Gasteiger partial charge in [-0.1, -0.05) is 6.92 Å². The lowest BCUT2D eigenvalue weighted by Gasteiger charge is -2.36. The Morgan fingerprint density at radius 2 is 2.16 bits per heavy atom. The molecule has 2 saturated carbocycles. The van der Waals surface area contributed by atoms with Crippen LogP contribution in [-0.4, -0.2) is 29.4 Å². The van der Waals surface area contributed by atoms with Crippen LogP contribution in [0.4, 0.5) is 0 Å². The lowest BCUT2D eigenvalue weighted by molar-refractivity contribution is -0.179. The second kappa shape index (κ2) is 4.05. The van der Waals surface area contributed by atoms with Crippen molar-refractivity contribution < 1.29 is 23.9 Å². The standard InChI is InChI=1S/C14H18O5/c1-3-8(15)6-11(16)19-14(2)7-4-9-10(5-7)13(17)18-12(9)14/h7,9-10,12H,3-6H2,1-2H3. The van der Waals surface area contributed by atoms with E-state index in [-0.39, 0.29) is 42.0 Å². The Morgan fingerprint density at radius 1 is 1.42 bits per heavy atom. The summed E-state index contributed by atoms with van der Waals surface area (Å²) in [6.45, 7) is 3.56. The summed E-state index contributed by atoms with van der Waals surface area (Å²) in [5.41, 5.74) is -0.738. The van der Waals surface area contributed by atoms with Gasteiger partial charge in [-0.05, 0) is 19.8 Å². The number of carbonyl (C=O) groups is 3. The van der Waals surface area contributed by atoms with Gasteiger partial charge in [-0.2, -0.15) is 0 Å². The molecule has 0 N–H and O–H groups in total. The van der Waals surface area contributed by atoms with Crippen LogP contribution in [0, 0.1) is 17.8 Å². The number of fused-ring (bicyclic) bond motifs is 1. The zero-order valence-electron chi connectivity index (χ0n) is 11.2. The van der Waals surface area contributed by atoms with Crippen molar-refractivity contribution in [2.75, 3.05) is 0 Å². The van der Waals surface area contributed by atoms with Gasteiger partial charge >= 0.3 is 11.9 Å². The van der Waals surface area contributed by atoms with Crippen molar-refractivity contribution in [3.05, 3.63) is 0 Å². The monoisotopic (exact) mass is 266 g/mol. The molecular weight excluding hydrogens is 248 g/mol. The maximum absolute atomic E-state index is 11.8. The predicted octanol–water partition coefficient (Wildman–Crippen LogP) is 1.24. The highest BCUT2D eigenvalue weighted by Gasteiger charge is 2.69. The molecule has 5 heteroatoms. The Kier molecular flexibility index (Phi) is 2.69. The summed E-state index contributed by atoms with van der Waals surface area (Å²) in [7, 11) is 0. The Morgan fingerprint density at radius 3 is 2.84 bits per heavy atom. The molecule has 3 rings (SSSR count). The molecule has 5 unspecified atom stereocenters. The van der Waals surface area contributed by atoms with Crippen molar-refractivity contribution in [1.29, 1.82) is 0 Å². The average molecular weight is 266 g/mol. The van der Waals surface area contributed by atoms with E-state index < -0.39 is 11.6 Å². The molecule has 0 amide bonds. The zero-order chi connectivity index (χ0) is 13.8. The Bertz CT molecular complexity index is 457. The molecule has 0 aromatic heterocycles. The first-order chi connectivity index (χ1) is 8.95. The van der Waals surface area contributed by atoms with Crippen molar-refractivity contribution in [3.63, 3.8) is 0 Å². The van der Waals surface area contributed by atoms with E-state index in [2.05, 4.69) is 0 Å². The largest absolute Gasteiger partial charge is 0.458 e. The number of hydrogen-bond donors (Lipinski definition) is 0. The molecule has 1 saturated heterocycles.